The van der Waals surface area contributed by atoms with Gasteiger partial charge in [-0.05, 0) is 37.5 Å². The number of anilines is 2. The Morgan fingerprint density at radius 2 is 1.82 bits per heavy atom. The highest BCUT2D eigenvalue weighted by Gasteiger charge is 2.37. The maximum Gasteiger partial charge on any atom is 0.419 e. The van der Waals surface area contributed by atoms with Crippen molar-refractivity contribution < 1.29 is 27.1 Å². The fourth-order valence-electron chi connectivity index (χ4n) is 4.67. The third-order valence-electron chi connectivity index (χ3n) is 6.24. The van der Waals surface area contributed by atoms with E-state index in [0.29, 0.717) is 35.5 Å². The van der Waals surface area contributed by atoms with E-state index >= 15 is 0 Å². The number of amides is 1. The molecular formula is C24H21F4N3O2. The molecule has 2 bridgehead atoms. The zero-order valence-corrected chi connectivity index (χ0v) is 17.7. The van der Waals surface area contributed by atoms with Crippen molar-refractivity contribution in [1.82, 2.24) is 9.88 Å². The predicted octanol–water partition coefficient (Wildman–Crippen LogP) is 5.45. The minimum absolute atomic E-state index is 0.0397. The first-order chi connectivity index (χ1) is 15.7. The van der Waals surface area contributed by atoms with Gasteiger partial charge in [0.1, 0.15) is 5.82 Å². The lowest BCUT2D eigenvalue weighted by molar-refractivity contribution is -0.139. The van der Waals surface area contributed by atoms with E-state index in [9.17, 15) is 22.4 Å². The lowest BCUT2D eigenvalue weighted by Crippen LogP contribution is -2.45. The SMILES string of the molecule is Cc1cccc2c(Nc3cccc(C(F)(F)F)c3F)ncc(C(=O)N3CC4CCC(C3)O4)c12. The number of aromatic nitrogens is 1. The lowest BCUT2D eigenvalue weighted by Gasteiger charge is -2.32. The molecule has 0 radical (unpaired) electrons. The van der Waals surface area contributed by atoms with Gasteiger partial charge in [-0.15, -0.1) is 0 Å². The molecule has 2 unspecified atom stereocenters. The van der Waals surface area contributed by atoms with Crippen LogP contribution in [0.1, 0.15) is 34.3 Å². The highest BCUT2D eigenvalue weighted by molar-refractivity contribution is 6.10. The molecule has 9 heteroatoms. The molecule has 5 nitrogen and oxygen atoms in total. The first kappa shape index (κ1) is 21.6. The number of pyridine rings is 1. The molecular weight excluding hydrogens is 438 g/mol. The number of nitrogens with zero attached hydrogens (tertiary/aromatic N) is 2. The van der Waals surface area contributed by atoms with E-state index in [2.05, 4.69) is 10.3 Å². The number of aryl methyl sites for hydroxylation is 1. The summed E-state index contributed by atoms with van der Waals surface area (Å²) in [6.07, 6.45) is -1.48. The van der Waals surface area contributed by atoms with E-state index in [0.717, 1.165) is 24.5 Å². The molecule has 5 rings (SSSR count). The van der Waals surface area contributed by atoms with Gasteiger partial charge in [0.05, 0.1) is 29.0 Å². The molecule has 3 aromatic rings. The molecule has 33 heavy (non-hydrogen) atoms. The number of benzene rings is 2. The van der Waals surface area contributed by atoms with E-state index in [-0.39, 0.29) is 29.6 Å². The van der Waals surface area contributed by atoms with Crippen LogP contribution in [0.15, 0.2) is 42.6 Å². The van der Waals surface area contributed by atoms with Crippen LogP contribution in [0, 0.1) is 12.7 Å². The number of ether oxygens (including phenoxy) is 1. The van der Waals surface area contributed by atoms with Crippen LogP contribution < -0.4 is 5.32 Å². The number of morpholine rings is 1. The Hall–Kier alpha value is -3.20. The topological polar surface area (TPSA) is 54.5 Å². The number of carbonyl (C=O) groups excluding carboxylic acids is 1. The molecule has 2 fully saturated rings. The van der Waals surface area contributed by atoms with E-state index in [4.69, 9.17) is 4.74 Å². The van der Waals surface area contributed by atoms with Crippen molar-refractivity contribution in [2.24, 2.45) is 0 Å². The zero-order chi connectivity index (χ0) is 23.3. The summed E-state index contributed by atoms with van der Waals surface area (Å²) in [7, 11) is 0. The summed E-state index contributed by atoms with van der Waals surface area (Å²) < 4.78 is 59.8. The van der Waals surface area contributed by atoms with Crippen molar-refractivity contribution in [3.8, 4) is 0 Å². The molecule has 2 atom stereocenters. The summed E-state index contributed by atoms with van der Waals surface area (Å²) in [6, 6.07) is 8.35. The van der Waals surface area contributed by atoms with Crippen LogP contribution >= 0.6 is 0 Å². The van der Waals surface area contributed by atoms with Gasteiger partial charge in [0.15, 0.2) is 5.82 Å². The minimum Gasteiger partial charge on any atom is -0.371 e. The number of hydrogen-bond donors (Lipinski definition) is 1. The summed E-state index contributed by atoms with van der Waals surface area (Å²) in [5.41, 5.74) is -0.493. The van der Waals surface area contributed by atoms with Gasteiger partial charge >= 0.3 is 6.18 Å². The Morgan fingerprint density at radius 3 is 2.52 bits per heavy atom. The van der Waals surface area contributed by atoms with Crippen LogP contribution in [0.5, 0.6) is 0 Å². The minimum atomic E-state index is -4.82. The van der Waals surface area contributed by atoms with Gasteiger partial charge in [-0.1, -0.05) is 24.3 Å². The van der Waals surface area contributed by atoms with Crippen LogP contribution in [0.3, 0.4) is 0 Å². The summed E-state index contributed by atoms with van der Waals surface area (Å²) in [5.74, 6) is -1.40. The first-order valence-electron chi connectivity index (χ1n) is 10.7. The Balaban J connectivity index is 1.54. The summed E-state index contributed by atoms with van der Waals surface area (Å²) in [4.78, 5) is 19.5. The van der Waals surface area contributed by atoms with Crippen LogP contribution in [0.25, 0.3) is 10.8 Å². The maximum absolute atomic E-state index is 14.6. The highest BCUT2D eigenvalue weighted by atomic mass is 19.4. The van der Waals surface area contributed by atoms with Crippen molar-refractivity contribution >= 4 is 28.2 Å². The van der Waals surface area contributed by atoms with E-state index in [1.807, 2.05) is 13.0 Å². The number of alkyl halides is 3. The average Bonchev–Trinajstić information content (AvgIpc) is 3.11. The third-order valence-corrected chi connectivity index (χ3v) is 6.24. The van der Waals surface area contributed by atoms with Gasteiger partial charge in [0.25, 0.3) is 5.91 Å². The van der Waals surface area contributed by atoms with Crippen molar-refractivity contribution in [2.75, 3.05) is 18.4 Å². The molecule has 2 aliphatic heterocycles. The number of carbonyl (C=O) groups is 1. The molecule has 2 aromatic carbocycles. The van der Waals surface area contributed by atoms with Gasteiger partial charge in [-0.2, -0.15) is 13.2 Å². The van der Waals surface area contributed by atoms with E-state index < -0.39 is 17.6 Å². The van der Waals surface area contributed by atoms with Crippen LogP contribution in [-0.2, 0) is 10.9 Å². The second kappa shape index (κ2) is 7.98. The molecule has 172 valence electrons. The van der Waals surface area contributed by atoms with Gasteiger partial charge in [-0.3, -0.25) is 4.79 Å². The van der Waals surface area contributed by atoms with E-state index in [1.54, 1.807) is 17.0 Å². The zero-order valence-electron chi connectivity index (χ0n) is 17.7. The molecule has 1 N–H and O–H groups in total. The number of nitrogens with one attached hydrogen (secondary N) is 1. The standard InChI is InChI=1S/C24H21F4N3O2/c1-13-4-2-5-16-20(13)17(23(32)31-11-14-8-9-15(12-31)33-14)10-29-22(16)30-19-7-3-6-18(21(19)25)24(26,27)28/h2-7,10,14-15H,8-9,11-12H2,1H3,(H,29,30). The molecule has 3 heterocycles. The Bertz CT molecular complexity index is 1230. The fraction of sp³-hybridized carbons (Fsp3) is 0.333. The highest BCUT2D eigenvalue weighted by Crippen LogP contribution is 2.36. The average molecular weight is 459 g/mol. The van der Waals surface area contributed by atoms with Crippen LogP contribution in [0.4, 0.5) is 29.1 Å². The third kappa shape index (κ3) is 3.90. The van der Waals surface area contributed by atoms with E-state index in [1.165, 1.54) is 12.3 Å². The number of fused-ring (bicyclic) bond motifs is 3. The van der Waals surface area contributed by atoms with Gasteiger partial charge in [0, 0.05) is 30.1 Å². The van der Waals surface area contributed by atoms with Crippen molar-refractivity contribution in [2.45, 2.75) is 38.1 Å². The number of likely N-dealkylation sites (tertiary alicyclic amines) is 1. The maximum atomic E-state index is 14.6. The van der Waals surface area contributed by atoms with Crippen molar-refractivity contribution in [3.63, 3.8) is 0 Å². The molecule has 0 spiro atoms. The predicted molar refractivity (Wildman–Crippen MR) is 115 cm³/mol. The first-order valence-corrected chi connectivity index (χ1v) is 10.7. The molecule has 0 aliphatic carbocycles. The normalized spacial score (nSPS) is 20.3. The molecule has 1 amide bonds. The molecule has 2 saturated heterocycles. The van der Waals surface area contributed by atoms with Gasteiger partial charge < -0.3 is 15.0 Å². The Labute approximate surface area is 187 Å². The van der Waals surface area contributed by atoms with Crippen LogP contribution in [0.2, 0.25) is 0 Å². The second-order valence-electron chi connectivity index (χ2n) is 8.48. The summed E-state index contributed by atoms with van der Waals surface area (Å²) in [5, 5.41) is 3.85. The number of halogens is 4. The van der Waals surface area contributed by atoms with Crippen molar-refractivity contribution in [1.29, 1.82) is 0 Å². The smallest absolute Gasteiger partial charge is 0.371 e. The fourth-order valence-corrected chi connectivity index (χ4v) is 4.67. The van der Waals surface area contributed by atoms with Gasteiger partial charge in [-0.25, -0.2) is 9.37 Å². The second-order valence-corrected chi connectivity index (χ2v) is 8.48. The van der Waals surface area contributed by atoms with Crippen LogP contribution in [-0.4, -0.2) is 41.1 Å². The molecule has 2 aliphatic rings. The molecule has 0 saturated carbocycles. The quantitative estimate of drug-likeness (QED) is 0.530. The molecule has 1 aromatic heterocycles. The van der Waals surface area contributed by atoms with Gasteiger partial charge in [0.2, 0.25) is 0 Å². The summed E-state index contributed by atoms with van der Waals surface area (Å²) >= 11 is 0. The Kier molecular flexibility index (Phi) is 5.23. The number of rotatable bonds is 3. The summed E-state index contributed by atoms with van der Waals surface area (Å²) in [6.45, 7) is 2.87. The largest absolute Gasteiger partial charge is 0.419 e. The van der Waals surface area contributed by atoms with Crippen molar-refractivity contribution in [3.05, 3.63) is 65.1 Å². The number of hydrogen-bond acceptors (Lipinski definition) is 4. The lowest BCUT2D eigenvalue weighted by atomic mass is 10.0. The Morgan fingerprint density at radius 1 is 1.12 bits per heavy atom. The monoisotopic (exact) mass is 459 g/mol.